The minimum atomic E-state index is -0.0428. The van der Waals surface area contributed by atoms with Crippen LogP contribution in [0, 0.1) is 11.3 Å². The number of rotatable bonds is 8. The van der Waals surface area contributed by atoms with Crippen LogP contribution < -0.4 is 5.32 Å². The maximum atomic E-state index is 8.88. The van der Waals surface area contributed by atoms with Crippen LogP contribution in [0.15, 0.2) is 0 Å². The smallest absolute Gasteiger partial charge is 0.0962 e. The van der Waals surface area contributed by atoms with Crippen molar-refractivity contribution in [3.8, 4) is 6.07 Å². The summed E-state index contributed by atoms with van der Waals surface area (Å²) in [5, 5.41) is 21.3. The van der Waals surface area contributed by atoms with E-state index in [-0.39, 0.29) is 12.6 Å². The van der Waals surface area contributed by atoms with Gasteiger partial charge < -0.3 is 5.11 Å². The molecule has 0 amide bonds. The summed E-state index contributed by atoms with van der Waals surface area (Å²) in [5.74, 6) is 0.971. The van der Waals surface area contributed by atoms with Crippen molar-refractivity contribution in [1.82, 2.24) is 5.32 Å². The van der Waals surface area contributed by atoms with Gasteiger partial charge in [0, 0.05) is 17.9 Å². The summed E-state index contributed by atoms with van der Waals surface area (Å²) in [5.41, 5.74) is 0. The van der Waals surface area contributed by atoms with E-state index in [1.165, 1.54) is 0 Å². The van der Waals surface area contributed by atoms with Crippen molar-refractivity contribution in [3.63, 3.8) is 0 Å². The molecule has 0 fully saturated rings. The highest BCUT2D eigenvalue weighted by atomic mass is 32.2. The van der Waals surface area contributed by atoms with E-state index in [4.69, 9.17) is 10.4 Å². The number of aliphatic hydroxyl groups excluding tert-OH is 1. The molecule has 0 aromatic rings. The van der Waals surface area contributed by atoms with Gasteiger partial charge in [0.15, 0.2) is 0 Å². The average Bonchev–Trinajstić information content (AvgIpc) is 2.16. The van der Waals surface area contributed by atoms with Gasteiger partial charge in [-0.05, 0) is 32.4 Å². The second-order valence-corrected chi connectivity index (χ2v) is 5.53. The average molecular weight is 230 g/mol. The molecule has 0 aliphatic carbocycles. The Morgan fingerprint density at radius 2 is 2.00 bits per heavy atom. The largest absolute Gasteiger partial charge is 0.396 e. The van der Waals surface area contributed by atoms with Gasteiger partial charge in [-0.3, -0.25) is 5.32 Å². The van der Waals surface area contributed by atoms with Crippen molar-refractivity contribution in [2.45, 2.75) is 50.9 Å². The third-order valence-electron chi connectivity index (χ3n) is 2.03. The summed E-state index contributed by atoms with van der Waals surface area (Å²) < 4.78 is 0. The molecular weight excluding hydrogens is 208 g/mol. The van der Waals surface area contributed by atoms with Gasteiger partial charge >= 0.3 is 0 Å². The van der Waals surface area contributed by atoms with E-state index in [1.54, 1.807) is 0 Å². The van der Waals surface area contributed by atoms with Gasteiger partial charge in [-0.25, -0.2) is 0 Å². The fourth-order valence-corrected chi connectivity index (χ4v) is 2.29. The lowest BCUT2D eigenvalue weighted by molar-refractivity contribution is 0.289. The Labute approximate surface area is 97.2 Å². The van der Waals surface area contributed by atoms with Crippen molar-refractivity contribution in [2.75, 3.05) is 12.4 Å². The van der Waals surface area contributed by atoms with Crippen LogP contribution in [0.4, 0.5) is 0 Å². The molecule has 0 aromatic heterocycles. The van der Waals surface area contributed by atoms with Gasteiger partial charge in [-0.2, -0.15) is 17.0 Å². The van der Waals surface area contributed by atoms with Crippen molar-refractivity contribution in [3.05, 3.63) is 0 Å². The Bertz CT molecular complexity index is 192. The monoisotopic (exact) mass is 230 g/mol. The highest BCUT2D eigenvalue weighted by Crippen LogP contribution is 2.15. The Hall–Kier alpha value is -0.240. The van der Waals surface area contributed by atoms with Crippen LogP contribution in [-0.2, 0) is 0 Å². The molecule has 0 spiro atoms. The Balaban J connectivity index is 3.59. The van der Waals surface area contributed by atoms with Crippen molar-refractivity contribution in [2.24, 2.45) is 0 Å². The summed E-state index contributed by atoms with van der Waals surface area (Å²) in [6, 6.07) is 2.58. The molecule has 15 heavy (non-hydrogen) atoms. The number of nitrogens with one attached hydrogen (secondary N) is 1. The van der Waals surface area contributed by atoms with Gasteiger partial charge in [0.05, 0.1) is 12.1 Å². The first-order chi connectivity index (χ1) is 7.10. The second kappa shape index (κ2) is 9.02. The molecule has 0 aliphatic heterocycles. The molecule has 2 atom stereocenters. The molecule has 0 rings (SSSR count). The van der Waals surface area contributed by atoms with Gasteiger partial charge in [-0.15, -0.1) is 0 Å². The summed E-state index contributed by atoms with van der Waals surface area (Å²) in [7, 11) is 0. The Kier molecular flexibility index (Phi) is 8.88. The lowest BCUT2D eigenvalue weighted by Crippen LogP contribution is -2.34. The molecule has 0 saturated heterocycles. The molecule has 2 N–H and O–H groups in total. The molecule has 0 aliphatic rings. The number of thioether (sulfide) groups is 1. The predicted molar refractivity (Wildman–Crippen MR) is 65.9 cm³/mol. The fraction of sp³-hybridized carbons (Fsp3) is 0.909. The van der Waals surface area contributed by atoms with Crippen LogP contribution in [0.1, 0.15) is 33.6 Å². The maximum absolute atomic E-state index is 8.88. The van der Waals surface area contributed by atoms with Crippen LogP contribution in [-0.4, -0.2) is 34.8 Å². The minimum Gasteiger partial charge on any atom is -0.396 e. The first-order valence-corrected chi connectivity index (χ1v) is 6.53. The fourth-order valence-electron chi connectivity index (χ4n) is 1.24. The number of hydrogen-bond acceptors (Lipinski definition) is 4. The molecule has 0 bridgehead atoms. The van der Waals surface area contributed by atoms with Crippen LogP contribution in [0.3, 0.4) is 0 Å². The first kappa shape index (κ1) is 14.8. The van der Waals surface area contributed by atoms with Crippen LogP contribution in [0.25, 0.3) is 0 Å². The molecule has 2 unspecified atom stereocenters. The molecular formula is C11H22N2OS. The minimum absolute atomic E-state index is 0.0428. The number of nitriles is 1. The second-order valence-electron chi connectivity index (χ2n) is 3.99. The lowest BCUT2D eigenvalue weighted by atomic mass is 10.2. The number of hydrogen-bond donors (Lipinski definition) is 2. The van der Waals surface area contributed by atoms with Crippen LogP contribution in [0.5, 0.6) is 0 Å². The molecule has 4 heteroatoms. The Morgan fingerprint density at radius 1 is 1.33 bits per heavy atom. The molecule has 0 heterocycles. The summed E-state index contributed by atoms with van der Waals surface area (Å²) >= 11 is 1.82. The Morgan fingerprint density at radius 3 is 2.47 bits per heavy atom. The van der Waals surface area contributed by atoms with Gasteiger partial charge in [-0.1, -0.05) is 6.92 Å². The summed E-state index contributed by atoms with van der Waals surface area (Å²) in [6.07, 6.45) is 1.70. The highest BCUT2D eigenvalue weighted by molar-refractivity contribution is 7.99. The summed E-state index contributed by atoms with van der Waals surface area (Å²) in [4.78, 5) is 0. The van der Waals surface area contributed by atoms with E-state index < -0.39 is 0 Å². The normalized spacial score (nSPS) is 14.9. The van der Waals surface area contributed by atoms with E-state index >= 15 is 0 Å². The van der Waals surface area contributed by atoms with E-state index in [0.717, 1.165) is 18.6 Å². The first-order valence-electron chi connectivity index (χ1n) is 5.48. The van der Waals surface area contributed by atoms with Crippen LogP contribution >= 0.6 is 11.8 Å². The van der Waals surface area contributed by atoms with Gasteiger partial charge in [0.25, 0.3) is 0 Å². The standard InChI is InChI=1S/C11H22N2OS/c1-9(2)13-11(8-12)5-7-15-10(3)4-6-14/h9-11,13-14H,4-7H2,1-3H3. The summed E-state index contributed by atoms with van der Waals surface area (Å²) in [6.45, 7) is 6.45. The third-order valence-corrected chi connectivity index (χ3v) is 3.31. The number of aliphatic hydroxyl groups is 1. The predicted octanol–water partition coefficient (Wildman–Crippen LogP) is 1.77. The van der Waals surface area contributed by atoms with Crippen molar-refractivity contribution < 1.29 is 5.11 Å². The van der Waals surface area contributed by atoms with Crippen molar-refractivity contribution >= 4 is 11.8 Å². The quantitative estimate of drug-likeness (QED) is 0.667. The topological polar surface area (TPSA) is 56.0 Å². The molecule has 0 saturated carbocycles. The zero-order valence-corrected chi connectivity index (χ0v) is 10.7. The molecule has 3 nitrogen and oxygen atoms in total. The van der Waals surface area contributed by atoms with E-state index in [2.05, 4.69) is 18.3 Å². The molecule has 0 radical (unpaired) electrons. The molecule has 0 aromatic carbocycles. The van der Waals surface area contributed by atoms with Gasteiger partial charge in [0.2, 0.25) is 0 Å². The zero-order valence-electron chi connectivity index (χ0n) is 9.86. The zero-order chi connectivity index (χ0) is 11.7. The van der Waals surface area contributed by atoms with E-state index in [0.29, 0.717) is 11.3 Å². The van der Waals surface area contributed by atoms with Crippen LogP contribution in [0.2, 0.25) is 0 Å². The highest BCUT2D eigenvalue weighted by Gasteiger charge is 2.09. The van der Waals surface area contributed by atoms with E-state index in [9.17, 15) is 0 Å². The van der Waals surface area contributed by atoms with Crippen molar-refractivity contribution in [1.29, 1.82) is 5.26 Å². The third kappa shape index (κ3) is 8.73. The SMILES string of the molecule is CC(C)NC(C#N)CCSC(C)CCO. The molecule has 88 valence electrons. The lowest BCUT2D eigenvalue weighted by Gasteiger charge is -2.15. The number of nitrogens with zero attached hydrogens (tertiary/aromatic N) is 1. The maximum Gasteiger partial charge on any atom is 0.0962 e. The van der Waals surface area contributed by atoms with E-state index in [1.807, 2.05) is 25.6 Å². The van der Waals surface area contributed by atoms with Gasteiger partial charge in [0.1, 0.15) is 0 Å².